The first kappa shape index (κ1) is 20.1. The Morgan fingerprint density at radius 1 is 1.10 bits per heavy atom. The molecule has 3 rings (SSSR count). The van der Waals surface area contributed by atoms with Gasteiger partial charge in [-0.15, -0.1) is 0 Å². The summed E-state index contributed by atoms with van der Waals surface area (Å²) in [7, 11) is 0. The maximum atomic E-state index is 12.4. The maximum Gasteiger partial charge on any atom is 0.344 e. The molecule has 1 aromatic heterocycles. The average molecular weight is 394 g/mol. The van der Waals surface area contributed by atoms with Crippen LogP contribution in [0.2, 0.25) is 0 Å². The van der Waals surface area contributed by atoms with Gasteiger partial charge in [0, 0.05) is 11.1 Å². The van der Waals surface area contributed by atoms with Gasteiger partial charge in [0.15, 0.2) is 0 Å². The van der Waals surface area contributed by atoms with E-state index < -0.39 is 23.7 Å². The fraction of sp³-hybridized carbons (Fsp3) is 0.227. The van der Waals surface area contributed by atoms with Gasteiger partial charge in [0.1, 0.15) is 11.6 Å². The molecule has 0 saturated carbocycles. The number of hydrogen-bond acceptors (Lipinski definition) is 4. The zero-order chi connectivity index (χ0) is 21.0. The first-order valence-corrected chi connectivity index (χ1v) is 9.32. The topological polar surface area (TPSA) is 109 Å². The van der Waals surface area contributed by atoms with Crippen molar-refractivity contribution in [1.82, 2.24) is 5.32 Å². The molecule has 0 radical (unpaired) electrons. The molecular formula is C22H22N2O5. The van der Waals surface area contributed by atoms with Crippen molar-refractivity contribution in [3.05, 3.63) is 65.0 Å². The standard InChI is InChI=1S/C22H22N2O5/c1-3-13(2)19(20(25)26)24-22(28)23-16-9-6-8-14(11-16)17-12-15-7-4-5-10-18(15)29-21(17)27/h4-13,19H,3H2,1-2H3,(H,25,26)(H2,23,24,28). The van der Waals surface area contributed by atoms with Gasteiger partial charge in [0.05, 0.1) is 5.56 Å². The molecule has 0 bridgehead atoms. The summed E-state index contributed by atoms with van der Waals surface area (Å²) in [4.78, 5) is 36.0. The molecule has 2 atom stereocenters. The van der Waals surface area contributed by atoms with Crippen LogP contribution in [-0.2, 0) is 4.79 Å². The number of rotatable bonds is 6. The van der Waals surface area contributed by atoms with E-state index in [0.29, 0.717) is 28.8 Å². The van der Waals surface area contributed by atoms with E-state index in [0.717, 1.165) is 5.39 Å². The number of benzene rings is 2. The van der Waals surface area contributed by atoms with Gasteiger partial charge in [0.25, 0.3) is 0 Å². The molecule has 2 aromatic carbocycles. The van der Waals surface area contributed by atoms with Gasteiger partial charge >= 0.3 is 17.6 Å². The van der Waals surface area contributed by atoms with Gasteiger partial charge in [-0.2, -0.15) is 0 Å². The Hall–Kier alpha value is -3.61. The first-order chi connectivity index (χ1) is 13.9. The van der Waals surface area contributed by atoms with Crippen molar-refractivity contribution in [2.75, 3.05) is 5.32 Å². The lowest BCUT2D eigenvalue weighted by Crippen LogP contribution is -2.46. The number of aliphatic carboxylic acids is 1. The number of amides is 2. The van der Waals surface area contributed by atoms with E-state index in [1.807, 2.05) is 19.1 Å². The van der Waals surface area contributed by atoms with Crippen LogP contribution in [-0.4, -0.2) is 23.1 Å². The highest BCUT2D eigenvalue weighted by atomic mass is 16.4. The molecule has 150 valence electrons. The van der Waals surface area contributed by atoms with Crippen molar-refractivity contribution in [3.63, 3.8) is 0 Å². The van der Waals surface area contributed by atoms with Crippen molar-refractivity contribution >= 4 is 28.7 Å². The lowest BCUT2D eigenvalue weighted by molar-refractivity contribution is -0.140. The second-order valence-corrected chi connectivity index (χ2v) is 6.87. The summed E-state index contributed by atoms with van der Waals surface area (Å²) in [5, 5.41) is 15.2. The minimum atomic E-state index is -1.09. The number of carbonyl (C=O) groups is 2. The fourth-order valence-corrected chi connectivity index (χ4v) is 3.02. The summed E-state index contributed by atoms with van der Waals surface area (Å²) in [5.74, 6) is -1.30. The zero-order valence-corrected chi connectivity index (χ0v) is 16.1. The van der Waals surface area contributed by atoms with E-state index >= 15 is 0 Å². The van der Waals surface area contributed by atoms with Crippen LogP contribution in [0.15, 0.2) is 63.8 Å². The van der Waals surface area contributed by atoms with Gasteiger partial charge in [-0.25, -0.2) is 14.4 Å². The molecule has 0 saturated heterocycles. The Bertz CT molecular complexity index is 1110. The predicted octanol–water partition coefficient (Wildman–Crippen LogP) is 4.08. The van der Waals surface area contributed by atoms with Crippen molar-refractivity contribution < 1.29 is 19.1 Å². The third-order valence-electron chi connectivity index (χ3n) is 4.84. The monoisotopic (exact) mass is 394 g/mol. The molecule has 29 heavy (non-hydrogen) atoms. The Morgan fingerprint density at radius 3 is 2.59 bits per heavy atom. The molecular weight excluding hydrogens is 372 g/mol. The number of carbonyl (C=O) groups excluding carboxylic acids is 1. The van der Waals surface area contributed by atoms with Crippen molar-refractivity contribution in [1.29, 1.82) is 0 Å². The van der Waals surface area contributed by atoms with Crippen molar-refractivity contribution in [3.8, 4) is 11.1 Å². The summed E-state index contributed by atoms with van der Waals surface area (Å²) in [5.41, 5.74) is 1.41. The number of para-hydroxylation sites is 1. The smallest absolute Gasteiger partial charge is 0.344 e. The van der Waals surface area contributed by atoms with Gasteiger partial charge in [-0.1, -0.05) is 50.6 Å². The third-order valence-corrected chi connectivity index (χ3v) is 4.84. The number of fused-ring (bicyclic) bond motifs is 1. The normalized spacial score (nSPS) is 12.9. The van der Waals surface area contributed by atoms with Crippen LogP contribution < -0.4 is 16.3 Å². The molecule has 0 aliphatic carbocycles. The quantitative estimate of drug-likeness (QED) is 0.546. The van der Waals surface area contributed by atoms with Crippen LogP contribution in [0.25, 0.3) is 22.1 Å². The average Bonchev–Trinajstić information content (AvgIpc) is 2.71. The van der Waals surface area contributed by atoms with E-state index in [2.05, 4.69) is 10.6 Å². The van der Waals surface area contributed by atoms with Crippen molar-refractivity contribution in [2.24, 2.45) is 5.92 Å². The van der Waals surface area contributed by atoms with E-state index in [9.17, 15) is 19.5 Å². The van der Waals surface area contributed by atoms with Crippen LogP contribution in [0, 0.1) is 5.92 Å². The molecule has 7 nitrogen and oxygen atoms in total. The summed E-state index contributed by atoms with van der Waals surface area (Å²) in [6.45, 7) is 3.62. The lowest BCUT2D eigenvalue weighted by Gasteiger charge is -2.20. The number of urea groups is 1. The Kier molecular flexibility index (Phi) is 5.97. The van der Waals surface area contributed by atoms with E-state index in [1.54, 1.807) is 49.4 Å². The lowest BCUT2D eigenvalue weighted by atomic mass is 9.99. The minimum absolute atomic E-state index is 0.216. The molecule has 3 N–H and O–H groups in total. The summed E-state index contributed by atoms with van der Waals surface area (Å²) in [6, 6.07) is 14.1. The number of carboxylic acid groups (broad SMARTS) is 1. The molecule has 2 unspecified atom stereocenters. The molecule has 0 spiro atoms. The molecule has 1 heterocycles. The van der Waals surface area contributed by atoms with E-state index in [1.165, 1.54) is 0 Å². The largest absolute Gasteiger partial charge is 0.480 e. The minimum Gasteiger partial charge on any atom is -0.480 e. The summed E-state index contributed by atoms with van der Waals surface area (Å²) >= 11 is 0. The highest BCUT2D eigenvalue weighted by Crippen LogP contribution is 2.23. The summed E-state index contributed by atoms with van der Waals surface area (Å²) < 4.78 is 5.37. The van der Waals surface area contributed by atoms with Crippen LogP contribution in [0.5, 0.6) is 0 Å². The van der Waals surface area contributed by atoms with Crippen LogP contribution >= 0.6 is 0 Å². The second-order valence-electron chi connectivity index (χ2n) is 6.87. The number of carboxylic acids is 1. The third kappa shape index (κ3) is 4.63. The first-order valence-electron chi connectivity index (χ1n) is 9.32. The van der Waals surface area contributed by atoms with Crippen LogP contribution in [0.4, 0.5) is 10.5 Å². The van der Waals surface area contributed by atoms with Crippen LogP contribution in [0.3, 0.4) is 0 Å². The Morgan fingerprint density at radius 2 is 1.86 bits per heavy atom. The number of nitrogens with one attached hydrogen (secondary N) is 2. The highest BCUT2D eigenvalue weighted by molar-refractivity contribution is 5.93. The maximum absolute atomic E-state index is 12.4. The number of anilines is 1. The molecule has 0 aliphatic rings. The van der Waals surface area contributed by atoms with E-state index in [-0.39, 0.29) is 5.92 Å². The Balaban J connectivity index is 1.83. The van der Waals surface area contributed by atoms with E-state index in [4.69, 9.17) is 4.42 Å². The molecule has 0 fully saturated rings. The van der Waals surface area contributed by atoms with Crippen molar-refractivity contribution in [2.45, 2.75) is 26.3 Å². The fourth-order valence-electron chi connectivity index (χ4n) is 3.02. The molecule has 0 aliphatic heterocycles. The Labute approximate surface area is 167 Å². The van der Waals surface area contributed by atoms with Gasteiger partial charge in [-0.05, 0) is 35.7 Å². The van der Waals surface area contributed by atoms with Gasteiger partial charge < -0.3 is 20.2 Å². The highest BCUT2D eigenvalue weighted by Gasteiger charge is 2.25. The molecule has 2 amide bonds. The predicted molar refractivity (Wildman–Crippen MR) is 111 cm³/mol. The second kappa shape index (κ2) is 8.60. The van der Waals surface area contributed by atoms with Gasteiger partial charge in [-0.3, -0.25) is 0 Å². The number of hydrogen-bond donors (Lipinski definition) is 3. The van der Waals surface area contributed by atoms with Gasteiger partial charge in [0.2, 0.25) is 0 Å². The molecule has 3 aromatic rings. The van der Waals surface area contributed by atoms with Crippen LogP contribution in [0.1, 0.15) is 20.3 Å². The summed E-state index contributed by atoms with van der Waals surface area (Å²) in [6.07, 6.45) is 0.616. The zero-order valence-electron chi connectivity index (χ0n) is 16.1. The molecule has 7 heteroatoms. The SMILES string of the molecule is CCC(C)C(NC(=O)Nc1cccc(-c2cc3ccccc3oc2=O)c1)C(=O)O.